The molecule has 27 heavy (non-hydrogen) atoms. The molecule has 0 spiro atoms. The Morgan fingerprint density at radius 2 is 2.00 bits per heavy atom. The molecule has 1 saturated heterocycles. The van der Waals surface area contributed by atoms with Gasteiger partial charge in [0.25, 0.3) is 5.56 Å². The van der Waals surface area contributed by atoms with Crippen molar-refractivity contribution < 1.29 is 9.53 Å². The summed E-state index contributed by atoms with van der Waals surface area (Å²) in [6.45, 7) is 4.71. The molecule has 1 aromatic heterocycles. The van der Waals surface area contributed by atoms with Gasteiger partial charge < -0.3 is 10.1 Å². The van der Waals surface area contributed by atoms with Gasteiger partial charge in [0.1, 0.15) is 5.82 Å². The summed E-state index contributed by atoms with van der Waals surface area (Å²) in [5, 5.41) is 6.34. The number of anilines is 1. The fraction of sp³-hybridized carbons (Fsp3) is 0.474. The molecular weight excluding hydrogens is 386 g/mol. The highest BCUT2D eigenvalue weighted by molar-refractivity contribution is 8.00. The SMILES string of the molecule is CC1(C)C[C@@H](n2[nH]c(=O)c3c2NC(=O)CS[C@@H]3c2ccc(Cl)cc2)CCO1. The van der Waals surface area contributed by atoms with E-state index in [2.05, 4.69) is 10.4 Å². The number of nitrogens with one attached hydrogen (secondary N) is 2. The first-order chi connectivity index (χ1) is 12.8. The lowest BCUT2D eigenvalue weighted by atomic mass is 9.94. The van der Waals surface area contributed by atoms with Crippen LogP contribution in [-0.4, -0.2) is 33.6 Å². The maximum absolute atomic E-state index is 12.9. The molecule has 0 bridgehead atoms. The second-order valence-electron chi connectivity index (χ2n) is 7.62. The van der Waals surface area contributed by atoms with Crippen molar-refractivity contribution in [2.75, 3.05) is 17.7 Å². The fourth-order valence-electron chi connectivity index (χ4n) is 3.84. The quantitative estimate of drug-likeness (QED) is 0.795. The van der Waals surface area contributed by atoms with Gasteiger partial charge in [-0.05, 0) is 44.4 Å². The van der Waals surface area contributed by atoms with Crippen LogP contribution in [-0.2, 0) is 9.53 Å². The Labute approximate surface area is 166 Å². The van der Waals surface area contributed by atoms with E-state index in [0.717, 1.165) is 18.4 Å². The zero-order chi connectivity index (χ0) is 19.2. The number of aromatic amines is 1. The molecule has 0 unspecified atom stereocenters. The van der Waals surface area contributed by atoms with Crippen LogP contribution in [0.1, 0.15) is 49.1 Å². The summed E-state index contributed by atoms with van der Waals surface area (Å²) in [6, 6.07) is 7.51. The summed E-state index contributed by atoms with van der Waals surface area (Å²) in [5.74, 6) is 0.773. The number of carbonyl (C=O) groups is 1. The van der Waals surface area contributed by atoms with Gasteiger partial charge in [0.05, 0.1) is 28.2 Å². The molecule has 4 rings (SSSR count). The average Bonchev–Trinajstić information content (AvgIpc) is 2.81. The normalized spacial score (nSPS) is 24.8. The first-order valence-electron chi connectivity index (χ1n) is 8.99. The molecule has 2 aromatic rings. The van der Waals surface area contributed by atoms with Crippen LogP contribution in [0.3, 0.4) is 0 Å². The third kappa shape index (κ3) is 3.68. The Bertz CT molecular complexity index is 919. The number of fused-ring (bicyclic) bond motifs is 1. The van der Waals surface area contributed by atoms with Gasteiger partial charge in [-0.2, -0.15) is 0 Å². The molecule has 0 aliphatic carbocycles. The third-order valence-electron chi connectivity index (χ3n) is 5.07. The fourth-order valence-corrected chi connectivity index (χ4v) is 5.09. The minimum Gasteiger partial charge on any atom is -0.375 e. The minimum atomic E-state index is -0.268. The van der Waals surface area contributed by atoms with Crippen LogP contribution in [0.15, 0.2) is 29.1 Å². The predicted molar refractivity (Wildman–Crippen MR) is 108 cm³/mol. The maximum atomic E-state index is 12.9. The molecule has 1 aromatic carbocycles. The van der Waals surface area contributed by atoms with E-state index in [0.29, 0.717) is 28.8 Å². The van der Waals surface area contributed by atoms with Crippen molar-refractivity contribution in [3.63, 3.8) is 0 Å². The zero-order valence-electron chi connectivity index (χ0n) is 15.3. The summed E-state index contributed by atoms with van der Waals surface area (Å²) >= 11 is 7.47. The monoisotopic (exact) mass is 407 g/mol. The summed E-state index contributed by atoms with van der Waals surface area (Å²) in [7, 11) is 0. The molecule has 2 aliphatic heterocycles. The Balaban J connectivity index is 1.80. The number of thioether (sulfide) groups is 1. The summed E-state index contributed by atoms with van der Waals surface area (Å²) in [5.41, 5.74) is 1.12. The van der Waals surface area contributed by atoms with Crippen molar-refractivity contribution in [3.05, 3.63) is 50.8 Å². The standard InChI is InChI=1S/C19H22ClN3O3S/c1-19(2)9-13(7-8-26-19)23-17-15(18(25)22-23)16(27-10-14(24)21-17)11-3-5-12(20)6-4-11/h3-6,13,16H,7-10H2,1-2H3,(H,21,24)(H,22,25)/t13-,16+/m0/s1. The van der Waals surface area contributed by atoms with E-state index in [1.54, 1.807) is 0 Å². The van der Waals surface area contributed by atoms with Crippen molar-refractivity contribution >= 4 is 35.1 Å². The summed E-state index contributed by atoms with van der Waals surface area (Å²) < 4.78 is 7.65. The third-order valence-corrected chi connectivity index (χ3v) is 6.59. The van der Waals surface area contributed by atoms with Crippen molar-refractivity contribution in [3.8, 4) is 0 Å². The molecule has 144 valence electrons. The number of hydrogen-bond acceptors (Lipinski definition) is 4. The number of halogens is 1. The highest BCUT2D eigenvalue weighted by Crippen LogP contribution is 2.42. The largest absolute Gasteiger partial charge is 0.375 e. The number of nitrogens with zero attached hydrogens (tertiary/aromatic N) is 1. The second-order valence-corrected chi connectivity index (χ2v) is 9.15. The highest BCUT2D eigenvalue weighted by atomic mass is 35.5. The predicted octanol–water partition coefficient (Wildman–Crippen LogP) is 3.73. The van der Waals surface area contributed by atoms with Gasteiger partial charge in [-0.25, -0.2) is 0 Å². The van der Waals surface area contributed by atoms with Crippen molar-refractivity contribution in [2.45, 2.75) is 43.6 Å². The second kappa shape index (κ2) is 7.04. The van der Waals surface area contributed by atoms with E-state index in [9.17, 15) is 9.59 Å². The van der Waals surface area contributed by atoms with E-state index in [-0.39, 0.29) is 28.4 Å². The molecule has 8 heteroatoms. The zero-order valence-corrected chi connectivity index (χ0v) is 16.8. The van der Waals surface area contributed by atoms with Crippen LogP contribution in [0.5, 0.6) is 0 Å². The lowest BCUT2D eigenvalue weighted by Crippen LogP contribution is -2.36. The number of carbonyl (C=O) groups excluding carboxylic acids is 1. The van der Waals surface area contributed by atoms with Crippen LogP contribution in [0.4, 0.5) is 5.82 Å². The molecular formula is C19H22ClN3O3S. The molecule has 0 saturated carbocycles. The van der Waals surface area contributed by atoms with Crippen molar-refractivity contribution in [1.29, 1.82) is 0 Å². The number of ether oxygens (including phenoxy) is 1. The lowest BCUT2D eigenvalue weighted by Gasteiger charge is -2.36. The molecule has 1 fully saturated rings. The first kappa shape index (κ1) is 18.7. The molecule has 2 N–H and O–H groups in total. The molecule has 0 radical (unpaired) electrons. The van der Waals surface area contributed by atoms with Gasteiger partial charge in [0.15, 0.2) is 0 Å². The van der Waals surface area contributed by atoms with Crippen molar-refractivity contribution in [2.24, 2.45) is 0 Å². The Morgan fingerprint density at radius 3 is 2.70 bits per heavy atom. The van der Waals surface area contributed by atoms with Gasteiger partial charge >= 0.3 is 0 Å². The minimum absolute atomic E-state index is 0.0690. The number of hydrogen-bond donors (Lipinski definition) is 2. The topological polar surface area (TPSA) is 76.1 Å². The van der Waals surface area contributed by atoms with Gasteiger partial charge in [0, 0.05) is 11.6 Å². The van der Waals surface area contributed by atoms with E-state index in [1.807, 2.05) is 42.8 Å². The van der Waals surface area contributed by atoms with Gasteiger partial charge in [-0.3, -0.25) is 19.4 Å². The Kier molecular flexibility index (Phi) is 4.86. The van der Waals surface area contributed by atoms with E-state index < -0.39 is 0 Å². The molecule has 2 atom stereocenters. The number of benzene rings is 1. The summed E-state index contributed by atoms with van der Waals surface area (Å²) in [4.78, 5) is 25.2. The van der Waals surface area contributed by atoms with Gasteiger partial charge in [-0.1, -0.05) is 23.7 Å². The maximum Gasteiger partial charge on any atom is 0.270 e. The van der Waals surface area contributed by atoms with Crippen LogP contribution in [0.25, 0.3) is 0 Å². The van der Waals surface area contributed by atoms with Crippen LogP contribution in [0.2, 0.25) is 5.02 Å². The average molecular weight is 408 g/mol. The van der Waals surface area contributed by atoms with E-state index in [4.69, 9.17) is 16.3 Å². The Hall–Kier alpha value is -1.70. The summed E-state index contributed by atoms with van der Waals surface area (Å²) in [6.07, 6.45) is 1.55. The Morgan fingerprint density at radius 1 is 1.26 bits per heavy atom. The lowest BCUT2D eigenvalue weighted by molar-refractivity contribution is -0.113. The molecule has 2 aliphatic rings. The smallest absolute Gasteiger partial charge is 0.270 e. The van der Waals surface area contributed by atoms with Crippen LogP contribution >= 0.6 is 23.4 Å². The van der Waals surface area contributed by atoms with Crippen molar-refractivity contribution in [1.82, 2.24) is 9.78 Å². The van der Waals surface area contributed by atoms with E-state index in [1.165, 1.54) is 11.8 Å². The number of H-pyrrole nitrogens is 1. The number of amides is 1. The molecule has 3 heterocycles. The van der Waals surface area contributed by atoms with E-state index >= 15 is 0 Å². The molecule has 1 amide bonds. The van der Waals surface area contributed by atoms with Gasteiger partial charge in [0.2, 0.25) is 5.91 Å². The highest BCUT2D eigenvalue weighted by Gasteiger charge is 2.35. The number of rotatable bonds is 2. The van der Waals surface area contributed by atoms with Crippen LogP contribution in [0, 0.1) is 0 Å². The number of aromatic nitrogens is 2. The molecule has 6 nitrogen and oxygen atoms in total. The van der Waals surface area contributed by atoms with Crippen LogP contribution < -0.4 is 10.9 Å². The van der Waals surface area contributed by atoms with Gasteiger partial charge in [-0.15, -0.1) is 11.8 Å². The first-order valence-corrected chi connectivity index (χ1v) is 10.4.